The van der Waals surface area contributed by atoms with E-state index in [1.54, 1.807) is 45.0 Å². The number of benzene rings is 1. The highest BCUT2D eigenvalue weighted by Crippen LogP contribution is 2.14. The summed E-state index contributed by atoms with van der Waals surface area (Å²) < 4.78 is 5.10. The standard InChI is InChI=1S/C12H15N3O2/c1-12(2,3)17-11(16)15-10-6-4-9(5-7-10)14-8-13/h4-7,14H,1-3H3,(H,15,16). The highest BCUT2D eigenvalue weighted by molar-refractivity contribution is 5.85. The molecule has 0 saturated carbocycles. The van der Waals surface area contributed by atoms with Crippen LogP contribution in [0, 0.1) is 11.5 Å². The molecule has 17 heavy (non-hydrogen) atoms. The summed E-state index contributed by atoms with van der Waals surface area (Å²) in [4.78, 5) is 11.4. The lowest BCUT2D eigenvalue weighted by Crippen LogP contribution is -2.27. The molecule has 5 nitrogen and oxygen atoms in total. The second kappa shape index (κ2) is 5.21. The van der Waals surface area contributed by atoms with Gasteiger partial charge in [0.05, 0.1) is 0 Å². The molecule has 0 bridgehead atoms. The normalized spacial score (nSPS) is 10.2. The van der Waals surface area contributed by atoms with Crippen LogP contribution in [0.15, 0.2) is 24.3 Å². The maximum atomic E-state index is 11.4. The largest absolute Gasteiger partial charge is 0.444 e. The van der Waals surface area contributed by atoms with Crippen LogP contribution in [0.5, 0.6) is 0 Å². The Hall–Kier alpha value is -2.22. The topological polar surface area (TPSA) is 74.2 Å². The number of nitriles is 1. The van der Waals surface area contributed by atoms with Gasteiger partial charge < -0.3 is 4.74 Å². The van der Waals surface area contributed by atoms with Crippen molar-refractivity contribution in [1.82, 2.24) is 0 Å². The fourth-order valence-electron chi connectivity index (χ4n) is 1.12. The average Bonchev–Trinajstić information content (AvgIpc) is 2.18. The molecule has 0 aliphatic heterocycles. The van der Waals surface area contributed by atoms with E-state index in [4.69, 9.17) is 10.00 Å². The molecular formula is C12H15N3O2. The van der Waals surface area contributed by atoms with Crippen LogP contribution in [-0.4, -0.2) is 11.7 Å². The average molecular weight is 233 g/mol. The molecule has 1 rings (SSSR count). The minimum absolute atomic E-state index is 0.501. The van der Waals surface area contributed by atoms with E-state index in [-0.39, 0.29) is 0 Å². The lowest BCUT2D eigenvalue weighted by Gasteiger charge is -2.19. The number of amides is 1. The van der Waals surface area contributed by atoms with Crippen LogP contribution >= 0.6 is 0 Å². The summed E-state index contributed by atoms with van der Waals surface area (Å²) in [6, 6.07) is 6.75. The van der Waals surface area contributed by atoms with Crippen molar-refractivity contribution in [2.75, 3.05) is 10.6 Å². The summed E-state index contributed by atoms with van der Waals surface area (Å²) in [5.74, 6) is 0. The van der Waals surface area contributed by atoms with Gasteiger partial charge in [0.15, 0.2) is 6.19 Å². The Bertz CT molecular complexity index is 427. The van der Waals surface area contributed by atoms with E-state index < -0.39 is 11.7 Å². The zero-order valence-corrected chi connectivity index (χ0v) is 10.1. The van der Waals surface area contributed by atoms with Gasteiger partial charge in [-0.25, -0.2) is 4.79 Å². The molecule has 0 atom stereocenters. The van der Waals surface area contributed by atoms with E-state index >= 15 is 0 Å². The molecule has 0 unspecified atom stereocenters. The van der Waals surface area contributed by atoms with Crippen molar-refractivity contribution >= 4 is 17.5 Å². The Morgan fingerprint density at radius 2 is 1.76 bits per heavy atom. The van der Waals surface area contributed by atoms with E-state index in [9.17, 15) is 4.79 Å². The van der Waals surface area contributed by atoms with Crippen LogP contribution in [0.3, 0.4) is 0 Å². The van der Waals surface area contributed by atoms with E-state index in [0.29, 0.717) is 11.4 Å². The van der Waals surface area contributed by atoms with Crippen molar-refractivity contribution < 1.29 is 9.53 Å². The monoisotopic (exact) mass is 233 g/mol. The zero-order valence-electron chi connectivity index (χ0n) is 10.1. The van der Waals surface area contributed by atoms with Crippen molar-refractivity contribution in [1.29, 1.82) is 5.26 Å². The third kappa shape index (κ3) is 4.89. The van der Waals surface area contributed by atoms with Crippen molar-refractivity contribution in [2.45, 2.75) is 26.4 Å². The highest BCUT2D eigenvalue weighted by atomic mass is 16.6. The Morgan fingerprint density at radius 3 is 2.24 bits per heavy atom. The predicted octanol–water partition coefficient (Wildman–Crippen LogP) is 2.93. The third-order valence-corrected chi connectivity index (χ3v) is 1.73. The minimum Gasteiger partial charge on any atom is -0.444 e. The number of anilines is 2. The van der Waals surface area contributed by atoms with Gasteiger partial charge in [0, 0.05) is 11.4 Å². The maximum Gasteiger partial charge on any atom is 0.412 e. The molecule has 0 saturated heterocycles. The molecule has 0 aliphatic rings. The molecule has 0 fully saturated rings. The summed E-state index contributed by atoms with van der Waals surface area (Å²) in [5.41, 5.74) is 0.761. The van der Waals surface area contributed by atoms with Crippen LogP contribution in [0.25, 0.3) is 0 Å². The summed E-state index contributed by atoms with van der Waals surface area (Å²) >= 11 is 0. The summed E-state index contributed by atoms with van der Waals surface area (Å²) in [6.45, 7) is 5.39. The second-order valence-corrected chi connectivity index (χ2v) is 4.44. The van der Waals surface area contributed by atoms with Crippen molar-refractivity contribution in [2.24, 2.45) is 0 Å². The molecule has 0 heterocycles. The van der Waals surface area contributed by atoms with Gasteiger partial charge in [0.2, 0.25) is 0 Å². The first-order chi connectivity index (χ1) is 7.90. The van der Waals surface area contributed by atoms with Crippen molar-refractivity contribution in [3.8, 4) is 6.19 Å². The molecule has 0 aliphatic carbocycles. The van der Waals surface area contributed by atoms with Gasteiger partial charge >= 0.3 is 6.09 Å². The van der Waals surface area contributed by atoms with E-state index in [2.05, 4.69) is 10.6 Å². The number of rotatable bonds is 2. The lowest BCUT2D eigenvalue weighted by atomic mass is 10.2. The third-order valence-electron chi connectivity index (χ3n) is 1.73. The van der Waals surface area contributed by atoms with Gasteiger partial charge in [-0.3, -0.25) is 10.6 Å². The Labute approximate surface area is 100 Å². The van der Waals surface area contributed by atoms with Crippen LogP contribution in [0.4, 0.5) is 16.2 Å². The number of nitrogens with zero attached hydrogens (tertiary/aromatic N) is 1. The number of nitrogens with one attached hydrogen (secondary N) is 2. The predicted molar refractivity (Wildman–Crippen MR) is 65.5 cm³/mol. The molecular weight excluding hydrogens is 218 g/mol. The van der Waals surface area contributed by atoms with Crippen molar-refractivity contribution in [3.05, 3.63) is 24.3 Å². The van der Waals surface area contributed by atoms with Gasteiger partial charge in [0.25, 0.3) is 0 Å². The first-order valence-electron chi connectivity index (χ1n) is 5.16. The van der Waals surface area contributed by atoms with Gasteiger partial charge in [0.1, 0.15) is 5.60 Å². The van der Waals surface area contributed by atoms with Gasteiger partial charge in [-0.05, 0) is 45.0 Å². The van der Waals surface area contributed by atoms with E-state index in [0.717, 1.165) is 0 Å². The molecule has 2 N–H and O–H groups in total. The molecule has 0 radical (unpaired) electrons. The lowest BCUT2D eigenvalue weighted by molar-refractivity contribution is 0.0636. The highest BCUT2D eigenvalue weighted by Gasteiger charge is 2.15. The minimum atomic E-state index is -0.521. The summed E-state index contributed by atoms with van der Waals surface area (Å²) in [5, 5.41) is 13.5. The SMILES string of the molecule is CC(C)(C)OC(=O)Nc1ccc(NC#N)cc1. The number of carbonyl (C=O) groups is 1. The van der Waals surface area contributed by atoms with Gasteiger partial charge in [-0.1, -0.05) is 0 Å². The Balaban J connectivity index is 2.58. The van der Waals surface area contributed by atoms with E-state index in [1.807, 2.05) is 6.19 Å². The molecule has 90 valence electrons. The first-order valence-corrected chi connectivity index (χ1v) is 5.16. The zero-order chi connectivity index (χ0) is 12.9. The van der Waals surface area contributed by atoms with Gasteiger partial charge in [-0.15, -0.1) is 0 Å². The molecule has 1 aromatic carbocycles. The van der Waals surface area contributed by atoms with Gasteiger partial charge in [-0.2, -0.15) is 5.26 Å². The fourth-order valence-corrected chi connectivity index (χ4v) is 1.12. The smallest absolute Gasteiger partial charge is 0.412 e. The molecule has 0 aromatic heterocycles. The molecule has 5 heteroatoms. The maximum absolute atomic E-state index is 11.4. The number of hydrogen-bond acceptors (Lipinski definition) is 4. The van der Waals surface area contributed by atoms with Crippen LogP contribution in [0.2, 0.25) is 0 Å². The van der Waals surface area contributed by atoms with Crippen molar-refractivity contribution in [3.63, 3.8) is 0 Å². The molecule has 0 spiro atoms. The quantitative estimate of drug-likeness (QED) is 0.608. The summed E-state index contributed by atoms with van der Waals surface area (Å²) in [7, 11) is 0. The molecule has 1 aromatic rings. The summed E-state index contributed by atoms with van der Waals surface area (Å²) in [6.07, 6.45) is 1.31. The Morgan fingerprint density at radius 1 is 1.24 bits per heavy atom. The second-order valence-electron chi connectivity index (χ2n) is 4.44. The Kier molecular flexibility index (Phi) is 3.94. The van der Waals surface area contributed by atoms with Crippen LogP contribution in [0.1, 0.15) is 20.8 Å². The number of carbonyl (C=O) groups excluding carboxylic acids is 1. The number of ether oxygens (including phenoxy) is 1. The van der Waals surface area contributed by atoms with Crippen LogP contribution < -0.4 is 10.6 Å². The molecule has 1 amide bonds. The number of hydrogen-bond donors (Lipinski definition) is 2. The van der Waals surface area contributed by atoms with Crippen LogP contribution in [-0.2, 0) is 4.74 Å². The first kappa shape index (κ1) is 12.8. The fraction of sp³-hybridized carbons (Fsp3) is 0.333. The van der Waals surface area contributed by atoms with E-state index in [1.165, 1.54) is 0 Å².